The molecule has 0 unspecified atom stereocenters. The first kappa shape index (κ1) is 22.8. The summed E-state index contributed by atoms with van der Waals surface area (Å²) < 4.78 is 3.53. The van der Waals surface area contributed by atoms with Crippen LogP contribution < -0.4 is 16.2 Å². The van der Waals surface area contributed by atoms with Crippen molar-refractivity contribution in [2.45, 2.75) is 45.8 Å². The van der Waals surface area contributed by atoms with Crippen LogP contribution in [0.5, 0.6) is 0 Å². The molecule has 1 aliphatic rings. The highest BCUT2D eigenvalue weighted by molar-refractivity contribution is 5.89. The topological polar surface area (TPSA) is 106 Å². The number of nitriles is 1. The van der Waals surface area contributed by atoms with Crippen LogP contribution in [0.15, 0.2) is 59.3 Å². The van der Waals surface area contributed by atoms with E-state index in [-0.39, 0.29) is 11.6 Å². The summed E-state index contributed by atoms with van der Waals surface area (Å²) in [5, 5.41) is 12.2. The Bertz CT molecular complexity index is 1530. The van der Waals surface area contributed by atoms with Crippen LogP contribution in [0, 0.1) is 11.3 Å². The number of benzene rings is 1. The number of nitrogens with two attached hydrogens (primary N) is 1. The molecule has 1 aromatic carbocycles. The summed E-state index contributed by atoms with van der Waals surface area (Å²) in [6, 6.07) is 12.3. The van der Waals surface area contributed by atoms with Crippen LogP contribution in [-0.4, -0.2) is 38.2 Å². The third-order valence-electron chi connectivity index (χ3n) is 6.63. The minimum atomic E-state index is -0.184. The molecule has 0 aliphatic carbocycles. The smallest absolute Gasteiger partial charge is 0.278 e. The average molecular weight is 468 g/mol. The number of piperidine rings is 1. The van der Waals surface area contributed by atoms with Gasteiger partial charge in [0.1, 0.15) is 28.5 Å². The van der Waals surface area contributed by atoms with Gasteiger partial charge in [0.15, 0.2) is 0 Å². The van der Waals surface area contributed by atoms with E-state index in [0.717, 1.165) is 47.2 Å². The van der Waals surface area contributed by atoms with Crippen LogP contribution >= 0.6 is 0 Å². The Morgan fingerprint density at radius 2 is 2.09 bits per heavy atom. The molecule has 0 saturated carbocycles. The number of hydrogen-bond acceptors (Lipinski definition) is 6. The molecule has 0 bridgehead atoms. The lowest BCUT2D eigenvalue weighted by Gasteiger charge is -2.33. The zero-order valence-corrected chi connectivity index (χ0v) is 20.1. The van der Waals surface area contributed by atoms with Gasteiger partial charge in [-0.3, -0.25) is 14.3 Å². The monoisotopic (exact) mass is 467 g/mol. The second kappa shape index (κ2) is 9.35. The lowest BCUT2D eigenvalue weighted by Crippen LogP contribution is -2.44. The maximum atomic E-state index is 13.9. The van der Waals surface area contributed by atoms with Gasteiger partial charge in [0.05, 0.1) is 18.6 Å². The number of allylic oxidation sites excluding steroid dienone is 2. The Morgan fingerprint density at radius 1 is 1.26 bits per heavy atom. The minimum Gasteiger partial charge on any atom is -0.355 e. The van der Waals surface area contributed by atoms with Crippen molar-refractivity contribution in [2.75, 3.05) is 18.0 Å². The van der Waals surface area contributed by atoms with Crippen molar-refractivity contribution in [3.05, 3.63) is 76.1 Å². The number of fused-ring (bicyclic) bond motifs is 2. The van der Waals surface area contributed by atoms with Gasteiger partial charge in [0.25, 0.3) is 5.56 Å². The standard InChI is InChI=1S/C27H29N7O/c1-18(2)10-13-34-25-24(22(14-28)26(34)32-12-5-7-20(29)15-32)31-17-33(27(25)35)16-23-21-8-4-3-6-19(21)9-11-30-23/h3-4,6,8-11,17,20H,5,7,12-13,15-16,29H2,1-2H3/t20-/m0/s1. The van der Waals surface area contributed by atoms with Crippen molar-refractivity contribution in [1.82, 2.24) is 19.1 Å². The molecular formula is C27H29N7O. The Labute approximate surface area is 203 Å². The summed E-state index contributed by atoms with van der Waals surface area (Å²) in [4.78, 5) is 25.2. The number of aromatic nitrogens is 4. The molecular weight excluding hydrogens is 438 g/mol. The normalized spacial score (nSPS) is 15.9. The van der Waals surface area contributed by atoms with Crippen LogP contribution in [0.4, 0.5) is 5.82 Å². The maximum absolute atomic E-state index is 13.9. The van der Waals surface area contributed by atoms with Gasteiger partial charge in [0, 0.05) is 37.3 Å². The van der Waals surface area contributed by atoms with E-state index in [0.29, 0.717) is 36.2 Å². The maximum Gasteiger partial charge on any atom is 0.278 e. The van der Waals surface area contributed by atoms with Gasteiger partial charge in [-0.1, -0.05) is 35.9 Å². The summed E-state index contributed by atoms with van der Waals surface area (Å²) in [7, 11) is 0. The fraction of sp³-hybridized carbons (Fsp3) is 0.333. The predicted octanol–water partition coefficient (Wildman–Crippen LogP) is 3.56. The van der Waals surface area contributed by atoms with Crippen LogP contribution in [-0.2, 0) is 13.1 Å². The Kier molecular flexibility index (Phi) is 6.10. The lowest BCUT2D eigenvalue weighted by atomic mass is 10.1. The van der Waals surface area contributed by atoms with E-state index in [2.05, 4.69) is 27.0 Å². The summed E-state index contributed by atoms with van der Waals surface area (Å²) in [6.45, 7) is 6.26. The first-order valence-electron chi connectivity index (χ1n) is 12.0. The molecule has 2 N–H and O–H groups in total. The molecule has 178 valence electrons. The second-order valence-electron chi connectivity index (χ2n) is 9.40. The zero-order chi connectivity index (χ0) is 24.5. The second-order valence-corrected chi connectivity index (χ2v) is 9.40. The van der Waals surface area contributed by atoms with Crippen LogP contribution in [0.2, 0.25) is 0 Å². The van der Waals surface area contributed by atoms with Crippen molar-refractivity contribution in [2.24, 2.45) is 5.73 Å². The fourth-order valence-electron chi connectivity index (χ4n) is 4.92. The Hall–Kier alpha value is -3.96. The van der Waals surface area contributed by atoms with Crippen molar-refractivity contribution < 1.29 is 0 Å². The minimum absolute atomic E-state index is 0.0345. The molecule has 35 heavy (non-hydrogen) atoms. The van der Waals surface area contributed by atoms with Crippen LogP contribution in [0.3, 0.4) is 0 Å². The molecule has 1 atom stereocenters. The van der Waals surface area contributed by atoms with Gasteiger partial charge < -0.3 is 15.2 Å². The quantitative estimate of drug-likeness (QED) is 0.450. The zero-order valence-electron chi connectivity index (χ0n) is 20.1. The predicted molar refractivity (Wildman–Crippen MR) is 138 cm³/mol. The lowest BCUT2D eigenvalue weighted by molar-refractivity contribution is 0.498. The summed E-state index contributed by atoms with van der Waals surface area (Å²) in [5.74, 6) is 0.737. The van der Waals surface area contributed by atoms with Crippen molar-refractivity contribution in [1.29, 1.82) is 5.26 Å². The summed E-state index contributed by atoms with van der Waals surface area (Å²) in [5.41, 5.74) is 9.34. The SMILES string of the molecule is CC(C)=CCn1c(N2CCC[C@H](N)C2)c(C#N)c2ncn(Cc3nccc4ccccc34)c(=O)c21. The third-order valence-corrected chi connectivity index (χ3v) is 6.63. The van der Waals surface area contributed by atoms with E-state index >= 15 is 0 Å². The van der Waals surface area contributed by atoms with Crippen molar-refractivity contribution in [3.63, 3.8) is 0 Å². The molecule has 3 aromatic heterocycles. The third kappa shape index (κ3) is 4.19. The highest BCUT2D eigenvalue weighted by Crippen LogP contribution is 2.32. The number of nitrogens with zero attached hydrogens (tertiary/aromatic N) is 6. The van der Waals surface area contributed by atoms with Gasteiger partial charge in [-0.05, 0) is 38.1 Å². The number of hydrogen-bond donors (Lipinski definition) is 1. The first-order chi connectivity index (χ1) is 17.0. The average Bonchev–Trinajstić information content (AvgIpc) is 3.18. The molecule has 8 heteroatoms. The van der Waals surface area contributed by atoms with Crippen LogP contribution in [0.1, 0.15) is 37.9 Å². The number of rotatable bonds is 5. The molecule has 8 nitrogen and oxygen atoms in total. The molecule has 1 aliphatic heterocycles. The van der Waals surface area contributed by atoms with Crippen LogP contribution in [0.25, 0.3) is 21.8 Å². The molecule has 5 rings (SSSR count). The van der Waals surface area contributed by atoms with Crippen molar-refractivity contribution in [3.8, 4) is 6.07 Å². The molecule has 0 amide bonds. The number of pyridine rings is 1. The highest BCUT2D eigenvalue weighted by Gasteiger charge is 2.28. The molecule has 1 saturated heterocycles. The van der Waals surface area contributed by atoms with Crippen molar-refractivity contribution >= 4 is 27.6 Å². The van der Waals surface area contributed by atoms with E-state index in [1.807, 2.05) is 48.7 Å². The van der Waals surface area contributed by atoms with E-state index < -0.39 is 0 Å². The van der Waals surface area contributed by atoms with Gasteiger partial charge in [-0.2, -0.15) is 5.26 Å². The van der Waals surface area contributed by atoms with Gasteiger partial charge in [-0.15, -0.1) is 0 Å². The van der Waals surface area contributed by atoms with E-state index in [1.54, 1.807) is 10.8 Å². The number of anilines is 1. The first-order valence-corrected chi connectivity index (χ1v) is 12.0. The molecule has 0 spiro atoms. The highest BCUT2D eigenvalue weighted by atomic mass is 16.1. The van der Waals surface area contributed by atoms with Gasteiger partial charge in [0.2, 0.25) is 0 Å². The molecule has 4 aromatic rings. The largest absolute Gasteiger partial charge is 0.355 e. The van der Waals surface area contributed by atoms with E-state index in [9.17, 15) is 10.1 Å². The molecule has 4 heterocycles. The van der Waals surface area contributed by atoms with Gasteiger partial charge >= 0.3 is 0 Å². The van der Waals surface area contributed by atoms with E-state index in [4.69, 9.17) is 5.73 Å². The van der Waals surface area contributed by atoms with Gasteiger partial charge in [-0.25, -0.2) is 4.98 Å². The van der Waals surface area contributed by atoms with E-state index in [1.165, 1.54) is 6.33 Å². The Balaban J connectivity index is 1.70. The fourth-order valence-corrected chi connectivity index (χ4v) is 4.92. The molecule has 1 fully saturated rings. The molecule has 0 radical (unpaired) electrons. The summed E-state index contributed by atoms with van der Waals surface area (Å²) >= 11 is 0. The Morgan fingerprint density at radius 3 is 2.86 bits per heavy atom. The summed E-state index contributed by atoms with van der Waals surface area (Å²) in [6.07, 6.45) is 7.26.